The molecule has 1 saturated heterocycles. The largest absolute Gasteiger partial charge is 0.497 e. The fourth-order valence-electron chi connectivity index (χ4n) is 2.88. The van der Waals surface area contributed by atoms with E-state index in [2.05, 4.69) is 10.1 Å². The molecule has 2 rings (SSSR count). The van der Waals surface area contributed by atoms with E-state index in [-0.39, 0.29) is 13.1 Å². The standard InChI is InChI=1S/C16H22F2N2O5S/c1-24-12-6-4-11(5-7-12)10-20(26(3,22)23)14-9-19-13(16(14,17)18)8-15(21)25-2/h4-7,13-14,19H,8-10H2,1-3H3/t13-,14-/m1/s1. The number of carbonyl (C=O) groups excluding carboxylic acids is 1. The van der Waals surface area contributed by atoms with Crippen molar-refractivity contribution >= 4 is 16.0 Å². The van der Waals surface area contributed by atoms with Gasteiger partial charge in [0.25, 0.3) is 5.92 Å². The molecule has 0 bridgehead atoms. The van der Waals surface area contributed by atoms with Crippen LogP contribution in [0.2, 0.25) is 0 Å². The Morgan fingerprint density at radius 2 is 1.92 bits per heavy atom. The number of ether oxygens (including phenoxy) is 2. The first-order chi connectivity index (χ1) is 12.1. The summed E-state index contributed by atoms with van der Waals surface area (Å²) in [4.78, 5) is 11.3. The van der Waals surface area contributed by atoms with E-state index in [1.807, 2.05) is 0 Å². The lowest BCUT2D eigenvalue weighted by Gasteiger charge is -2.31. The zero-order valence-corrected chi connectivity index (χ0v) is 15.6. The molecule has 7 nitrogen and oxygen atoms in total. The first-order valence-electron chi connectivity index (χ1n) is 7.87. The summed E-state index contributed by atoms with van der Waals surface area (Å²) in [6.07, 6.45) is 0.348. The Morgan fingerprint density at radius 3 is 2.42 bits per heavy atom. The summed E-state index contributed by atoms with van der Waals surface area (Å²) in [5.41, 5.74) is 0.545. The van der Waals surface area contributed by atoms with E-state index >= 15 is 0 Å². The van der Waals surface area contributed by atoms with Gasteiger partial charge in [-0.25, -0.2) is 17.2 Å². The summed E-state index contributed by atoms with van der Waals surface area (Å²) in [5.74, 6) is -3.64. The van der Waals surface area contributed by atoms with Crippen molar-refractivity contribution in [3.63, 3.8) is 0 Å². The average molecular weight is 392 g/mol. The monoisotopic (exact) mass is 392 g/mol. The second-order valence-electron chi connectivity index (χ2n) is 6.09. The molecule has 0 aromatic heterocycles. The number of hydrogen-bond donors (Lipinski definition) is 1. The summed E-state index contributed by atoms with van der Waals surface area (Å²) in [7, 11) is -1.32. The van der Waals surface area contributed by atoms with E-state index in [1.54, 1.807) is 24.3 Å². The second-order valence-corrected chi connectivity index (χ2v) is 8.02. The molecule has 1 heterocycles. The highest BCUT2D eigenvalue weighted by molar-refractivity contribution is 7.88. The zero-order chi connectivity index (χ0) is 19.5. The summed E-state index contributed by atoms with van der Waals surface area (Å²) < 4.78 is 64.1. The molecule has 1 aliphatic heterocycles. The van der Waals surface area contributed by atoms with Gasteiger partial charge < -0.3 is 14.8 Å². The van der Waals surface area contributed by atoms with E-state index in [9.17, 15) is 22.0 Å². The average Bonchev–Trinajstić information content (AvgIpc) is 2.86. The number of rotatable bonds is 7. The predicted molar refractivity (Wildman–Crippen MR) is 90.5 cm³/mol. The van der Waals surface area contributed by atoms with Crippen molar-refractivity contribution in [1.82, 2.24) is 9.62 Å². The third-order valence-electron chi connectivity index (χ3n) is 4.34. The molecule has 146 valence electrons. The Labute approximate surface area is 151 Å². The van der Waals surface area contributed by atoms with Crippen molar-refractivity contribution in [2.45, 2.75) is 31.0 Å². The summed E-state index contributed by atoms with van der Waals surface area (Å²) in [5, 5.41) is 2.54. The van der Waals surface area contributed by atoms with Crippen LogP contribution in [0.15, 0.2) is 24.3 Å². The van der Waals surface area contributed by atoms with Gasteiger partial charge in [0.1, 0.15) is 11.8 Å². The molecule has 1 aliphatic rings. The van der Waals surface area contributed by atoms with Crippen LogP contribution in [0.25, 0.3) is 0 Å². The van der Waals surface area contributed by atoms with Gasteiger partial charge in [0.05, 0.1) is 32.9 Å². The minimum Gasteiger partial charge on any atom is -0.497 e. The van der Waals surface area contributed by atoms with Gasteiger partial charge in [0.2, 0.25) is 10.0 Å². The van der Waals surface area contributed by atoms with Crippen LogP contribution in [0.5, 0.6) is 5.75 Å². The molecule has 26 heavy (non-hydrogen) atoms. The van der Waals surface area contributed by atoms with Crippen molar-refractivity contribution in [3.05, 3.63) is 29.8 Å². The van der Waals surface area contributed by atoms with Gasteiger partial charge in [-0.2, -0.15) is 4.31 Å². The van der Waals surface area contributed by atoms with Gasteiger partial charge in [0, 0.05) is 13.1 Å². The summed E-state index contributed by atoms with van der Waals surface area (Å²) in [6.45, 7) is -0.479. The first kappa shape index (κ1) is 20.5. The number of methoxy groups -OCH3 is 2. The van der Waals surface area contributed by atoms with Gasteiger partial charge in [-0.3, -0.25) is 4.79 Å². The normalized spacial score (nSPS) is 22.4. The Bertz CT molecular complexity index is 740. The zero-order valence-electron chi connectivity index (χ0n) is 14.7. The van der Waals surface area contributed by atoms with E-state index in [1.165, 1.54) is 7.11 Å². The SMILES string of the molecule is COC(=O)C[C@H]1NC[C@@H](N(Cc2ccc(OC)cc2)S(C)(=O)=O)C1(F)F. The van der Waals surface area contributed by atoms with Crippen molar-refractivity contribution < 1.29 is 31.5 Å². The molecule has 1 aromatic carbocycles. The highest BCUT2D eigenvalue weighted by Gasteiger charge is 2.56. The van der Waals surface area contributed by atoms with Crippen LogP contribution in [0, 0.1) is 0 Å². The highest BCUT2D eigenvalue weighted by Crippen LogP contribution is 2.35. The lowest BCUT2D eigenvalue weighted by Crippen LogP contribution is -2.51. The van der Waals surface area contributed by atoms with Gasteiger partial charge >= 0.3 is 5.97 Å². The number of hydrogen-bond acceptors (Lipinski definition) is 6. The molecular formula is C16H22F2N2O5S. The third-order valence-corrected chi connectivity index (χ3v) is 5.57. The number of halogens is 2. The van der Waals surface area contributed by atoms with Crippen LogP contribution in [0.3, 0.4) is 0 Å². The minimum absolute atomic E-state index is 0.213. The van der Waals surface area contributed by atoms with Crippen molar-refractivity contribution in [3.8, 4) is 5.75 Å². The number of nitrogens with zero attached hydrogens (tertiary/aromatic N) is 1. The molecule has 0 amide bonds. The number of sulfonamides is 1. The molecule has 0 unspecified atom stereocenters. The maximum absolute atomic E-state index is 14.8. The second kappa shape index (κ2) is 7.85. The summed E-state index contributed by atoms with van der Waals surface area (Å²) >= 11 is 0. The van der Waals surface area contributed by atoms with Crippen molar-refractivity contribution in [2.24, 2.45) is 0 Å². The Hall–Kier alpha value is -1.78. The first-order valence-corrected chi connectivity index (χ1v) is 9.72. The molecule has 1 N–H and O–H groups in total. The molecule has 2 atom stereocenters. The van der Waals surface area contributed by atoms with Crippen molar-refractivity contribution in [2.75, 3.05) is 27.0 Å². The van der Waals surface area contributed by atoms with E-state index in [4.69, 9.17) is 4.74 Å². The van der Waals surface area contributed by atoms with E-state index in [0.717, 1.165) is 17.7 Å². The number of esters is 1. The molecule has 0 radical (unpaired) electrons. The quantitative estimate of drug-likeness (QED) is 0.697. The summed E-state index contributed by atoms with van der Waals surface area (Å²) in [6, 6.07) is 3.39. The fourth-order valence-corrected chi connectivity index (χ4v) is 3.94. The van der Waals surface area contributed by atoms with E-state index in [0.29, 0.717) is 11.3 Å². The third kappa shape index (κ3) is 4.49. The van der Waals surface area contributed by atoms with Crippen LogP contribution >= 0.6 is 0 Å². The predicted octanol–water partition coefficient (Wildman–Crippen LogP) is 0.996. The molecule has 0 saturated carbocycles. The Kier molecular flexibility index (Phi) is 6.20. The number of nitrogens with one attached hydrogen (secondary N) is 1. The number of benzene rings is 1. The fraction of sp³-hybridized carbons (Fsp3) is 0.562. The van der Waals surface area contributed by atoms with Gasteiger partial charge in [-0.1, -0.05) is 12.1 Å². The topological polar surface area (TPSA) is 84.9 Å². The Morgan fingerprint density at radius 1 is 1.31 bits per heavy atom. The molecular weight excluding hydrogens is 370 g/mol. The molecule has 1 fully saturated rings. The molecule has 1 aromatic rings. The minimum atomic E-state index is -3.92. The maximum atomic E-state index is 14.8. The number of alkyl halides is 2. The molecule has 0 spiro atoms. The van der Waals surface area contributed by atoms with Crippen LogP contribution in [-0.4, -0.2) is 63.7 Å². The van der Waals surface area contributed by atoms with Crippen LogP contribution in [-0.2, 0) is 26.1 Å². The maximum Gasteiger partial charge on any atom is 0.307 e. The molecule has 0 aliphatic carbocycles. The van der Waals surface area contributed by atoms with E-state index < -0.39 is 40.4 Å². The van der Waals surface area contributed by atoms with Gasteiger partial charge in [0.15, 0.2) is 0 Å². The van der Waals surface area contributed by atoms with Gasteiger partial charge in [-0.05, 0) is 17.7 Å². The highest BCUT2D eigenvalue weighted by atomic mass is 32.2. The lowest BCUT2D eigenvalue weighted by atomic mass is 10.0. The van der Waals surface area contributed by atoms with Crippen LogP contribution < -0.4 is 10.1 Å². The molecule has 10 heteroatoms. The van der Waals surface area contributed by atoms with Crippen LogP contribution in [0.1, 0.15) is 12.0 Å². The van der Waals surface area contributed by atoms with Gasteiger partial charge in [-0.15, -0.1) is 0 Å². The Balaban J connectivity index is 2.25. The number of carbonyl (C=O) groups is 1. The van der Waals surface area contributed by atoms with Crippen molar-refractivity contribution in [1.29, 1.82) is 0 Å². The smallest absolute Gasteiger partial charge is 0.307 e. The van der Waals surface area contributed by atoms with Crippen LogP contribution in [0.4, 0.5) is 8.78 Å². The lowest BCUT2D eigenvalue weighted by molar-refractivity contribution is -0.144.